The molecule has 0 saturated heterocycles. The molecule has 128 valence electrons. The molecule has 1 rings (SSSR count). The zero-order valence-corrected chi connectivity index (χ0v) is 14.6. The highest BCUT2D eigenvalue weighted by Crippen LogP contribution is 2.21. The number of hydrogen-bond donors (Lipinski definition) is 2. The van der Waals surface area contributed by atoms with Crippen LogP contribution in [0, 0.1) is 5.92 Å². The van der Waals surface area contributed by atoms with Crippen LogP contribution in [-0.2, 0) is 9.59 Å². The normalized spacial score (nSPS) is 12.3. The van der Waals surface area contributed by atoms with Gasteiger partial charge in [0.15, 0.2) is 0 Å². The predicted molar refractivity (Wildman–Crippen MR) is 93.0 cm³/mol. The van der Waals surface area contributed by atoms with Crippen molar-refractivity contribution in [3.8, 4) is 0 Å². The van der Waals surface area contributed by atoms with Gasteiger partial charge in [-0.25, -0.2) is 0 Å². The Balaban J connectivity index is 2.63. The van der Waals surface area contributed by atoms with E-state index in [1.165, 1.54) is 0 Å². The lowest BCUT2D eigenvalue weighted by Gasteiger charge is -2.25. The van der Waals surface area contributed by atoms with E-state index in [1.54, 1.807) is 0 Å². The zero-order valence-electron chi connectivity index (χ0n) is 14.6. The van der Waals surface area contributed by atoms with E-state index in [9.17, 15) is 9.59 Å². The first-order valence-corrected chi connectivity index (χ1v) is 8.31. The van der Waals surface area contributed by atoms with Crippen molar-refractivity contribution >= 4 is 11.8 Å². The van der Waals surface area contributed by atoms with Gasteiger partial charge in [-0.3, -0.25) is 14.5 Å². The SMILES string of the molecule is CCNC(=O)CN(CC)CC(=O)NC(c1ccccc1)C(C)C. The molecule has 0 heterocycles. The fraction of sp³-hybridized carbons (Fsp3) is 0.556. The van der Waals surface area contributed by atoms with Crippen molar-refractivity contribution in [2.75, 3.05) is 26.2 Å². The Hall–Kier alpha value is -1.88. The largest absolute Gasteiger partial charge is 0.355 e. The third-order valence-electron chi connectivity index (χ3n) is 3.70. The Morgan fingerprint density at radius 1 is 1.04 bits per heavy atom. The number of amides is 2. The highest BCUT2D eigenvalue weighted by Gasteiger charge is 2.20. The van der Waals surface area contributed by atoms with Crippen LogP contribution in [0.3, 0.4) is 0 Å². The molecule has 0 aliphatic rings. The molecule has 5 nitrogen and oxygen atoms in total. The zero-order chi connectivity index (χ0) is 17.2. The summed E-state index contributed by atoms with van der Waals surface area (Å²) >= 11 is 0. The number of nitrogens with zero attached hydrogens (tertiary/aromatic N) is 1. The van der Waals surface area contributed by atoms with Gasteiger partial charge < -0.3 is 10.6 Å². The summed E-state index contributed by atoms with van der Waals surface area (Å²) in [6, 6.07) is 9.95. The second kappa shape index (κ2) is 10.0. The van der Waals surface area contributed by atoms with Crippen LogP contribution in [0.5, 0.6) is 0 Å². The number of carbonyl (C=O) groups is 2. The van der Waals surface area contributed by atoms with Crippen LogP contribution in [0.15, 0.2) is 30.3 Å². The van der Waals surface area contributed by atoms with E-state index < -0.39 is 0 Å². The van der Waals surface area contributed by atoms with Gasteiger partial charge in [0.1, 0.15) is 0 Å². The highest BCUT2D eigenvalue weighted by molar-refractivity contribution is 5.81. The number of likely N-dealkylation sites (N-methyl/N-ethyl adjacent to an activating group) is 2. The Kier molecular flexibility index (Phi) is 8.33. The first kappa shape index (κ1) is 19.2. The molecule has 1 unspecified atom stereocenters. The van der Waals surface area contributed by atoms with E-state index in [0.29, 0.717) is 19.0 Å². The maximum Gasteiger partial charge on any atom is 0.234 e. The lowest BCUT2D eigenvalue weighted by Crippen LogP contribution is -2.44. The van der Waals surface area contributed by atoms with Gasteiger partial charge in [0, 0.05) is 6.54 Å². The van der Waals surface area contributed by atoms with Crippen LogP contribution in [0.2, 0.25) is 0 Å². The molecule has 5 heteroatoms. The van der Waals surface area contributed by atoms with E-state index in [-0.39, 0.29) is 30.9 Å². The van der Waals surface area contributed by atoms with Crippen molar-refractivity contribution < 1.29 is 9.59 Å². The molecule has 2 amide bonds. The minimum Gasteiger partial charge on any atom is -0.355 e. The highest BCUT2D eigenvalue weighted by atomic mass is 16.2. The Labute approximate surface area is 139 Å². The standard InChI is InChI=1S/C18H29N3O2/c1-5-19-16(22)12-21(6-2)13-17(23)20-18(14(3)4)15-10-8-7-9-11-15/h7-11,14,18H,5-6,12-13H2,1-4H3,(H,19,22)(H,20,23). The van der Waals surface area contributed by atoms with Gasteiger partial charge in [0.2, 0.25) is 11.8 Å². The van der Waals surface area contributed by atoms with Crippen LogP contribution in [0.25, 0.3) is 0 Å². The molecule has 0 aliphatic carbocycles. The van der Waals surface area contributed by atoms with Gasteiger partial charge in [-0.2, -0.15) is 0 Å². The quantitative estimate of drug-likeness (QED) is 0.731. The van der Waals surface area contributed by atoms with Crippen LogP contribution >= 0.6 is 0 Å². The summed E-state index contributed by atoms with van der Waals surface area (Å²) < 4.78 is 0. The molecule has 0 radical (unpaired) electrons. The molecule has 2 N–H and O–H groups in total. The topological polar surface area (TPSA) is 61.4 Å². The summed E-state index contributed by atoms with van der Waals surface area (Å²) in [5.41, 5.74) is 1.10. The minimum atomic E-state index is -0.0568. The van der Waals surface area contributed by atoms with Gasteiger partial charge in [0.05, 0.1) is 19.1 Å². The second-order valence-corrected chi connectivity index (χ2v) is 5.96. The van der Waals surface area contributed by atoms with Crippen LogP contribution in [0.1, 0.15) is 39.3 Å². The molecule has 0 aliphatic heterocycles. The summed E-state index contributed by atoms with van der Waals surface area (Å²) in [5, 5.41) is 5.85. The number of hydrogen-bond acceptors (Lipinski definition) is 3. The molecule has 0 fully saturated rings. The van der Waals surface area contributed by atoms with E-state index in [0.717, 1.165) is 5.56 Å². The lowest BCUT2D eigenvalue weighted by molar-refractivity contribution is -0.125. The van der Waals surface area contributed by atoms with Crippen molar-refractivity contribution in [3.05, 3.63) is 35.9 Å². The maximum atomic E-state index is 12.4. The summed E-state index contributed by atoms with van der Waals surface area (Å²) in [6.45, 7) is 9.74. The lowest BCUT2D eigenvalue weighted by atomic mass is 9.96. The average molecular weight is 319 g/mol. The van der Waals surface area contributed by atoms with Crippen molar-refractivity contribution in [1.82, 2.24) is 15.5 Å². The van der Waals surface area contributed by atoms with Gasteiger partial charge in [-0.1, -0.05) is 51.1 Å². The molecular weight excluding hydrogens is 290 g/mol. The maximum absolute atomic E-state index is 12.4. The molecule has 0 aromatic heterocycles. The molecule has 0 bridgehead atoms. The number of carbonyl (C=O) groups excluding carboxylic acids is 2. The summed E-state index contributed by atoms with van der Waals surface area (Å²) in [6.07, 6.45) is 0. The Morgan fingerprint density at radius 2 is 1.65 bits per heavy atom. The van der Waals surface area contributed by atoms with Gasteiger partial charge >= 0.3 is 0 Å². The van der Waals surface area contributed by atoms with Gasteiger partial charge in [-0.05, 0) is 24.9 Å². The third-order valence-corrected chi connectivity index (χ3v) is 3.70. The third kappa shape index (κ3) is 6.82. The van der Waals surface area contributed by atoms with Crippen molar-refractivity contribution in [2.45, 2.75) is 33.7 Å². The molecule has 1 atom stereocenters. The van der Waals surface area contributed by atoms with Crippen LogP contribution in [0.4, 0.5) is 0 Å². The Morgan fingerprint density at radius 3 is 2.17 bits per heavy atom. The molecule has 23 heavy (non-hydrogen) atoms. The van der Waals surface area contributed by atoms with Gasteiger partial charge in [-0.15, -0.1) is 0 Å². The fourth-order valence-corrected chi connectivity index (χ4v) is 2.45. The average Bonchev–Trinajstić information content (AvgIpc) is 2.52. The van der Waals surface area contributed by atoms with E-state index in [4.69, 9.17) is 0 Å². The molecular formula is C18H29N3O2. The van der Waals surface area contributed by atoms with Crippen molar-refractivity contribution in [3.63, 3.8) is 0 Å². The minimum absolute atomic E-state index is 0.0214. The van der Waals surface area contributed by atoms with Crippen LogP contribution in [-0.4, -0.2) is 42.9 Å². The van der Waals surface area contributed by atoms with Gasteiger partial charge in [0.25, 0.3) is 0 Å². The van der Waals surface area contributed by atoms with E-state index in [2.05, 4.69) is 24.5 Å². The molecule has 0 saturated carbocycles. The van der Waals surface area contributed by atoms with Crippen molar-refractivity contribution in [1.29, 1.82) is 0 Å². The second-order valence-electron chi connectivity index (χ2n) is 5.96. The Bertz CT molecular complexity index is 488. The summed E-state index contributed by atoms with van der Waals surface area (Å²) in [7, 11) is 0. The monoisotopic (exact) mass is 319 g/mol. The van der Waals surface area contributed by atoms with Crippen molar-refractivity contribution in [2.24, 2.45) is 5.92 Å². The first-order valence-electron chi connectivity index (χ1n) is 8.31. The fourth-order valence-electron chi connectivity index (χ4n) is 2.45. The van der Waals surface area contributed by atoms with E-state index >= 15 is 0 Å². The smallest absolute Gasteiger partial charge is 0.234 e. The summed E-state index contributed by atoms with van der Waals surface area (Å²) in [5.74, 6) is 0.184. The number of benzene rings is 1. The summed E-state index contributed by atoms with van der Waals surface area (Å²) in [4.78, 5) is 25.9. The predicted octanol–water partition coefficient (Wildman–Crippen LogP) is 1.96. The molecule has 1 aromatic carbocycles. The first-order chi connectivity index (χ1) is 11.0. The molecule has 1 aromatic rings. The van der Waals surface area contributed by atoms with E-state index in [1.807, 2.05) is 49.1 Å². The van der Waals surface area contributed by atoms with Crippen LogP contribution < -0.4 is 10.6 Å². The molecule has 0 spiro atoms. The number of nitrogens with one attached hydrogen (secondary N) is 2. The number of rotatable bonds is 9.